The summed E-state index contributed by atoms with van der Waals surface area (Å²) in [7, 11) is 0. The summed E-state index contributed by atoms with van der Waals surface area (Å²) >= 11 is 1.58. The van der Waals surface area contributed by atoms with Crippen molar-refractivity contribution in [2.24, 2.45) is 23.2 Å². The lowest BCUT2D eigenvalue weighted by molar-refractivity contribution is -0.147. The molecule has 0 aliphatic heterocycles. The summed E-state index contributed by atoms with van der Waals surface area (Å²) in [6.45, 7) is 0.573. The van der Waals surface area contributed by atoms with E-state index in [4.69, 9.17) is 0 Å². The van der Waals surface area contributed by atoms with E-state index in [-0.39, 0.29) is 29.6 Å². The number of hydrogen-bond donors (Lipinski definition) is 2. The van der Waals surface area contributed by atoms with Crippen molar-refractivity contribution < 1.29 is 14.0 Å². The average molecular weight is 405 g/mol. The molecular formula is C22H29FN2O2S. The molecule has 4 saturated carbocycles. The number of hydrogen-bond acceptors (Lipinski definition) is 3. The van der Waals surface area contributed by atoms with E-state index >= 15 is 0 Å². The number of carbonyl (C=O) groups is 2. The maximum atomic E-state index is 13.5. The van der Waals surface area contributed by atoms with E-state index in [0.29, 0.717) is 23.6 Å². The van der Waals surface area contributed by atoms with Crippen molar-refractivity contribution in [1.29, 1.82) is 0 Å². The van der Waals surface area contributed by atoms with Gasteiger partial charge in [-0.3, -0.25) is 9.59 Å². The zero-order valence-electron chi connectivity index (χ0n) is 16.2. The number of halogens is 1. The van der Waals surface area contributed by atoms with Crippen molar-refractivity contribution in [1.82, 2.24) is 10.6 Å². The monoisotopic (exact) mass is 404 g/mol. The minimum absolute atomic E-state index is 0.0541. The lowest BCUT2D eigenvalue weighted by Gasteiger charge is -2.55. The minimum atomic E-state index is -0.204. The second-order valence-corrected chi connectivity index (χ2v) is 9.98. The van der Waals surface area contributed by atoms with Crippen molar-refractivity contribution in [3.63, 3.8) is 0 Å². The molecule has 0 spiro atoms. The Morgan fingerprint density at radius 2 is 1.68 bits per heavy atom. The van der Waals surface area contributed by atoms with Gasteiger partial charge in [0, 0.05) is 23.5 Å². The normalized spacial score (nSPS) is 30.2. The number of nitrogens with one attached hydrogen (secondary N) is 2. The fraction of sp³-hybridized carbons (Fsp3) is 0.636. The van der Waals surface area contributed by atoms with Crippen LogP contribution in [0.15, 0.2) is 24.3 Å². The van der Waals surface area contributed by atoms with E-state index in [1.807, 2.05) is 6.07 Å². The summed E-state index contributed by atoms with van der Waals surface area (Å²) in [5, 5.41) is 5.75. The van der Waals surface area contributed by atoms with Crippen molar-refractivity contribution in [3.8, 4) is 0 Å². The van der Waals surface area contributed by atoms with E-state index < -0.39 is 0 Å². The van der Waals surface area contributed by atoms with Gasteiger partial charge in [0.05, 0.1) is 6.54 Å². The van der Waals surface area contributed by atoms with Gasteiger partial charge in [0.1, 0.15) is 5.82 Å². The molecule has 4 bridgehead atoms. The summed E-state index contributed by atoms with van der Waals surface area (Å²) < 4.78 is 13.5. The lowest BCUT2D eigenvalue weighted by Crippen LogP contribution is -2.54. The van der Waals surface area contributed by atoms with Gasteiger partial charge in [0.2, 0.25) is 11.8 Å². The highest BCUT2D eigenvalue weighted by Crippen LogP contribution is 2.60. The van der Waals surface area contributed by atoms with Crippen molar-refractivity contribution >= 4 is 23.6 Å². The molecule has 152 valence electrons. The highest BCUT2D eigenvalue weighted by atomic mass is 32.2. The molecule has 0 unspecified atom stereocenters. The van der Waals surface area contributed by atoms with E-state index in [2.05, 4.69) is 10.6 Å². The van der Waals surface area contributed by atoms with Gasteiger partial charge >= 0.3 is 0 Å². The summed E-state index contributed by atoms with van der Waals surface area (Å²) in [5.41, 5.74) is 0.478. The number of rotatable bonds is 8. The number of carbonyl (C=O) groups excluding carboxylic acids is 2. The highest BCUT2D eigenvalue weighted by molar-refractivity contribution is 7.98. The first-order valence-electron chi connectivity index (χ1n) is 10.4. The second-order valence-electron chi connectivity index (χ2n) is 8.87. The molecule has 6 heteroatoms. The van der Waals surface area contributed by atoms with Crippen LogP contribution in [0.25, 0.3) is 0 Å². The van der Waals surface area contributed by atoms with Gasteiger partial charge in [-0.1, -0.05) is 18.2 Å². The van der Waals surface area contributed by atoms with Crippen molar-refractivity contribution in [3.05, 3.63) is 35.6 Å². The van der Waals surface area contributed by atoms with Gasteiger partial charge in [-0.25, -0.2) is 4.39 Å². The quantitative estimate of drug-likeness (QED) is 0.652. The first kappa shape index (κ1) is 19.7. The van der Waals surface area contributed by atoms with Gasteiger partial charge in [0.15, 0.2) is 0 Å². The van der Waals surface area contributed by atoms with Crippen LogP contribution in [-0.2, 0) is 15.3 Å². The Labute approximate surface area is 170 Å². The minimum Gasteiger partial charge on any atom is -0.354 e. The third-order valence-corrected chi connectivity index (χ3v) is 7.72. The molecule has 0 radical (unpaired) electrons. The van der Waals surface area contributed by atoms with E-state index in [0.717, 1.165) is 37.0 Å². The molecule has 0 aromatic heterocycles. The Kier molecular flexibility index (Phi) is 5.95. The molecule has 0 saturated heterocycles. The fourth-order valence-electron chi connectivity index (χ4n) is 5.86. The Balaban J connectivity index is 1.14. The molecular weight excluding hydrogens is 375 g/mol. The van der Waals surface area contributed by atoms with Crippen LogP contribution in [0, 0.1) is 29.0 Å². The number of thioether (sulfide) groups is 1. The smallest absolute Gasteiger partial charge is 0.239 e. The second kappa shape index (κ2) is 8.44. The third kappa shape index (κ3) is 4.37. The van der Waals surface area contributed by atoms with Crippen LogP contribution in [0.1, 0.15) is 44.1 Å². The standard InChI is InChI=1S/C22H29FN2O2S/c23-19-4-2-1-3-18(19)14-28-6-5-24-20(26)13-25-21(27)22-10-15-7-16(11-22)9-17(8-15)12-22/h1-4,15-17H,5-14H2,(H,24,26)(H,25,27). The summed E-state index contributed by atoms with van der Waals surface area (Å²) in [4.78, 5) is 24.9. The predicted molar refractivity (Wildman–Crippen MR) is 109 cm³/mol. The Hall–Kier alpha value is -1.56. The van der Waals surface area contributed by atoms with Crippen LogP contribution >= 0.6 is 11.8 Å². The first-order valence-corrected chi connectivity index (χ1v) is 11.6. The molecule has 4 aliphatic rings. The van der Waals surface area contributed by atoms with Crippen LogP contribution in [0.3, 0.4) is 0 Å². The summed E-state index contributed by atoms with van der Waals surface area (Å²) in [6.07, 6.45) is 6.95. The van der Waals surface area contributed by atoms with Gasteiger partial charge in [0.25, 0.3) is 0 Å². The van der Waals surface area contributed by atoms with Crippen LogP contribution in [0.5, 0.6) is 0 Å². The van der Waals surface area contributed by atoms with E-state index in [1.165, 1.54) is 25.3 Å². The van der Waals surface area contributed by atoms with Gasteiger partial charge < -0.3 is 10.6 Å². The zero-order valence-corrected chi connectivity index (χ0v) is 17.0. The van der Waals surface area contributed by atoms with Crippen molar-refractivity contribution in [2.75, 3.05) is 18.8 Å². The molecule has 0 atom stereocenters. The van der Waals surface area contributed by atoms with Crippen LogP contribution in [0.4, 0.5) is 4.39 Å². The molecule has 1 aromatic rings. The van der Waals surface area contributed by atoms with Crippen molar-refractivity contribution in [2.45, 2.75) is 44.3 Å². The molecule has 0 heterocycles. The Morgan fingerprint density at radius 1 is 1.04 bits per heavy atom. The largest absolute Gasteiger partial charge is 0.354 e. The molecule has 4 fully saturated rings. The average Bonchev–Trinajstić information content (AvgIpc) is 2.66. The maximum Gasteiger partial charge on any atom is 0.239 e. The van der Waals surface area contributed by atoms with Crippen LogP contribution in [-0.4, -0.2) is 30.7 Å². The van der Waals surface area contributed by atoms with Crippen LogP contribution < -0.4 is 10.6 Å². The zero-order chi connectivity index (χ0) is 19.6. The number of amides is 2. The number of benzene rings is 1. The Bertz CT molecular complexity index is 704. The molecule has 2 amide bonds. The fourth-order valence-corrected chi connectivity index (χ4v) is 6.70. The van der Waals surface area contributed by atoms with Gasteiger partial charge in [-0.2, -0.15) is 11.8 Å². The predicted octanol–water partition coefficient (Wildman–Crippen LogP) is 3.51. The van der Waals surface area contributed by atoms with Crippen LogP contribution in [0.2, 0.25) is 0 Å². The van der Waals surface area contributed by atoms with Gasteiger partial charge in [-0.15, -0.1) is 0 Å². The molecule has 4 aliphatic carbocycles. The third-order valence-electron chi connectivity index (χ3n) is 6.71. The first-order chi connectivity index (χ1) is 13.5. The molecule has 5 rings (SSSR count). The molecule has 1 aromatic carbocycles. The van der Waals surface area contributed by atoms with E-state index in [9.17, 15) is 14.0 Å². The molecule has 4 nitrogen and oxygen atoms in total. The highest BCUT2D eigenvalue weighted by Gasteiger charge is 2.54. The SMILES string of the molecule is O=C(CNC(=O)C12CC3CC(CC(C3)C1)C2)NCCSCc1ccccc1F. The van der Waals surface area contributed by atoms with E-state index in [1.54, 1.807) is 23.9 Å². The lowest BCUT2D eigenvalue weighted by atomic mass is 9.49. The summed E-state index contributed by atoms with van der Waals surface area (Å²) in [5.74, 6) is 3.22. The molecule has 28 heavy (non-hydrogen) atoms. The maximum absolute atomic E-state index is 13.5. The Morgan fingerprint density at radius 3 is 2.32 bits per heavy atom. The van der Waals surface area contributed by atoms with Gasteiger partial charge in [-0.05, 0) is 67.9 Å². The topological polar surface area (TPSA) is 58.2 Å². The summed E-state index contributed by atoms with van der Waals surface area (Å²) in [6, 6.07) is 6.75. The molecule has 2 N–H and O–H groups in total.